The molecule has 2 aliphatic heterocycles. The van der Waals surface area contributed by atoms with Crippen molar-refractivity contribution in [2.75, 3.05) is 59.7 Å². The fourth-order valence-corrected chi connectivity index (χ4v) is 4.89. The van der Waals surface area contributed by atoms with Crippen molar-refractivity contribution >= 4 is 5.91 Å². The zero-order valence-corrected chi connectivity index (χ0v) is 20.2. The lowest BCUT2D eigenvalue weighted by Gasteiger charge is -2.51. The molecule has 0 unspecified atom stereocenters. The molecule has 0 spiro atoms. The molecule has 1 aromatic carbocycles. The molecule has 0 bridgehead atoms. The van der Waals surface area contributed by atoms with E-state index in [0.717, 1.165) is 64.5 Å². The van der Waals surface area contributed by atoms with E-state index >= 15 is 0 Å². The molecule has 2 heterocycles. The molecule has 2 aliphatic rings. The summed E-state index contributed by atoms with van der Waals surface area (Å²) >= 11 is 0. The van der Waals surface area contributed by atoms with Gasteiger partial charge in [-0.2, -0.15) is 0 Å². The maximum absolute atomic E-state index is 13.1. The SMILES string of the molecule is C=C/C=C(\C=C/C)N(CC1(N2CCN(Cc3ccccc3)CC2)CCOCC1)C(=O)COC. The first-order chi connectivity index (χ1) is 16.1. The minimum atomic E-state index is -0.109. The number of carbonyl (C=O) groups is 1. The molecule has 180 valence electrons. The first-order valence-electron chi connectivity index (χ1n) is 12.0. The van der Waals surface area contributed by atoms with Gasteiger partial charge in [0.15, 0.2) is 0 Å². The molecular weight excluding hydrogens is 414 g/mol. The third-order valence-corrected chi connectivity index (χ3v) is 6.67. The Balaban J connectivity index is 1.77. The molecule has 0 saturated carbocycles. The normalized spacial score (nSPS) is 20.1. The maximum atomic E-state index is 13.1. The molecule has 33 heavy (non-hydrogen) atoms. The highest BCUT2D eigenvalue weighted by Crippen LogP contribution is 2.32. The zero-order chi connectivity index (χ0) is 23.5. The van der Waals surface area contributed by atoms with Gasteiger partial charge in [-0.05, 0) is 37.5 Å². The van der Waals surface area contributed by atoms with Crippen molar-refractivity contribution in [3.8, 4) is 0 Å². The number of piperazine rings is 1. The second-order valence-corrected chi connectivity index (χ2v) is 8.83. The second-order valence-electron chi connectivity index (χ2n) is 8.83. The molecule has 6 nitrogen and oxygen atoms in total. The summed E-state index contributed by atoms with van der Waals surface area (Å²) in [7, 11) is 1.57. The first kappa shape index (κ1) is 25.4. The molecule has 1 aromatic rings. The molecule has 3 rings (SSSR count). The highest BCUT2D eigenvalue weighted by Gasteiger charge is 2.42. The van der Waals surface area contributed by atoms with Gasteiger partial charge in [0.1, 0.15) is 6.61 Å². The van der Waals surface area contributed by atoms with E-state index in [2.05, 4.69) is 46.7 Å². The fraction of sp³-hybridized carbons (Fsp3) is 0.519. The lowest BCUT2D eigenvalue weighted by atomic mass is 9.86. The summed E-state index contributed by atoms with van der Waals surface area (Å²) in [6.45, 7) is 13.0. The molecule has 2 saturated heterocycles. The molecule has 0 aliphatic carbocycles. The Kier molecular flexibility index (Phi) is 9.88. The van der Waals surface area contributed by atoms with E-state index in [9.17, 15) is 4.79 Å². The van der Waals surface area contributed by atoms with Crippen LogP contribution in [0.1, 0.15) is 25.3 Å². The van der Waals surface area contributed by atoms with Crippen LogP contribution in [0, 0.1) is 0 Å². The predicted octanol–water partition coefficient (Wildman–Crippen LogP) is 3.47. The molecule has 0 radical (unpaired) electrons. The van der Waals surface area contributed by atoms with Crippen molar-refractivity contribution in [1.82, 2.24) is 14.7 Å². The lowest BCUT2D eigenvalue weighted by molar-refractivity contribution is -0.137. The predicted molar refractivity (Wildman–Crippen MR) is 133 cm³/mol. The topological polar surface area (TPSA) is 45.2 Å². The Hall–Kier alpha value is -2.25. The maximum Gasteiger partial charge on any atom is 0.253 e. The summed E-state index contributed by atoms with van der Waals surface area (Å²) in [6, 6.07) is 10.7. The average Bonchev–Trinajstić information content (AvgIpc) is 2.84. The Morgan fingerprint density at radius 1 is 1.18 bits per heavy atom. The smallest absolute Gasteiger partial charge is 0.253 e. The molecule has 2 fully saturated rings. The van der Waals surface area contributed by atoms with Crippen molar-refractivity contribution < 1.29 is 14.3 Å². The van der Waals surface area contributed by atoms with E-state index in [0.29, 0.717) is 6.54 Å². The van der Waals surface area contributed by atoms with Crippen molar-refractivity contribution in [2.45, 2.75) is 31.8 Å². The van der Waals surface area contributed by atoms with E-state index in [1.165, 1.54) is 5.56 Å². The minimum absolute atomic E-state index is 0.0303. The quantitative estimate of drug-likeness (QED) is 0.508. The third kappa shape index (κ3) is 6.87. The highest BCUT2D eigenvalue weighted by atomic mass is 16.5. The molecule has 0 aromatic heterocycles. The van der Waals surface area contributed by atoms with Crippen molar-refractivity contribution in [1.29, 1.82) is 0 Å². The lowest BCUT2D eigenvalue weighted by Crippen LogP contribution is -2.63. The van der Waals surface area contributed by atoms with Crippen LogP contribution in [0.3, 0.4) is 0 Å². The summed E-state index contributed by atoms with van der Waals surface area (Å²) in [5, 5.41) is 0. The number of rotatable bonds is 10. The number of nitrogens with zero attached hydrogens (tertiary/aromatic N) is 3. The first-order valence-corrected chi connectivity index (χ1v) is 12.0. The molecule has 1 amide bonds. The van der Waals surface area contributed by atoms with Crippen LogP contribution in [-0.4, -0.2) is 85.8 Å². The van der Waals surface area contributed by atoms with Gasteiger partial charge in [0.25, 0.3) is 5.91 Å². The number of amides is 1. The van der Waals surface area contributed by atoms with Crippen molar-refractivity contribution in [3.63, 3.8) is 0 Å². The van der Waals surface area contributed by atoms with Crippen LogP contribution in [0.4, 0.5) is 0 Å². The third-order valence-electron chi connectivity index (χ3n) is 6.67. The van der Waals surface area contributed by atoms with Crippen LogP contribution < -0.4 is 0 Å². The van der Waals surface area contributed by atoms with E-state index < -0.39 is 0 Å². The summed E-state index contributed by atoms with van der Waals surface area (Å²) in [5.41, 5.74) is 2.10. The van der Waals surface area contributed by atoms with Crippen LogP contribution in [0.15, 0.2) is 66.9 Å². The Labute approximate surface area is 199 Å². The van der Waals surface area contributed by atoms with Crippen LogP contribution in [-0.2, 0) is 20.8 Å². The summed E-state index contributed by atoms with van der Waals surface area (Å²) < 4.78 is 11.0. The largest absolute Gasteiger partial charge is 0.381 e. The Bertz CT molecular complexity index is 807. The van der Waals surface area contributed by atoms with Gasteiger partial charge in [-0.25, -0.2) is 0 Å². The number of benzene rings is 1. The second kappa shape index (κ2) is 12.8. The van der Waals surface area contributed by atoms with Gasteiger partial charge in [-0.1, -0.05) is 49.1 Å². The van der Waals surface area contributed by atoms with Crippen LogP contribution >= 0.6 is 0 Å². The van der Waals surface area contributed by atoms with Crippen LogP contribution in [0.25, 0.3) is 0 Å². The fourth-order valence-electron chi connectivity index (χ4n) is 4.89. The summed E-state index contributed by atoms with van der Waals surface area (Å²) in [4.78, 5) is 20.1. The molecule has 0 N–H and O–H groups in total. The van der Waals surface area contributed by atoms with Gasteiger partial charge in [0, 0.05) is 70.8 Å². The summed E-state index contributed by atoms with van der Waals surface area (Å²) in [6.07, 6.45) is 9.40. The molecule has 6 heteroatoms. The minimum Gasteiger partial charge on any atom is -0.381 e. The Morgan fingerprint density at radius 2 is 1.88 bits per heavy atom. The number of allylic oxidation sites excluding steroid dienone is 4. The van der Waals surface area contributed by atoms with Crippen molar-refractivity contribution in [2.24, 2.45) is 0 Å². The van der Waals surface area contributed by atoms with Gasteiger partial charge >= 0.3 is 0 Å². The van der Waals surface area contributed by atoms with Crippen molar-refractivity contribution in [3.05, 3.63) is 72.5 Å². The Morgan fingerprint density at radius 3 is 2.48 bits per heavy atom. The van der Waals surface area contributed by atoms with Gasteiger partial charge in [-0.15, -0.1) is 0 Å². The molecule has 0 atom stereocenters. The van der Waals surface area contributed by atoms with Gasteiger partial charge in [0.2, 0.25) is 0 Å². The van der Waals surface area contributed by atoms with Gasteiger partial charge in [0.05, 0.1) is 0 Å². The standard InChI is InChI=1S/C27H39N3O3/c1-4-9-25(10-5-2)30(26(31)22-32-3)23-27(13-19-33-20-14-27)29-17-15-28(16-18-29)21-24-11-7-6-8-12-24/h4-12H,1,13-23H2,2-3H3/b10-5-,25-9+. The number of carbonyl (C=O) groups excluding carboxylic acids is 1. The zero-order valence-electron chi connectivity index (χ0n) is 20.2. The average molecular weight is 454 g/mol. The van der Waals surface area contributed by atoms with E-state index in [1.807, 2.05) is 30.1 Å². The summed E-state index contributed by atoms with van der Waals surface area (Å²) in [5.74, 6) is -0.0303. The number of hydrogen-bond donors (Lipinski definition) is 0. The van der Waals surface area contributed by atoms with Crippen LogP contribution in [0.5, 0.6) is 0 Å². The van der Waals surface area contributed by atoms with Crippen LogP contribution in [0.2, 0.25) is 0 Å². The van der Waals surface area contributed by atoms with E-state index in [-0.39, 0.29) is 18.1 Å². The number of hydrogen-bond acceptors (Lipinski definition) is 5. The highest BCUT2D eigenvalue weighted by molar-refractivity contribution is 5.80. The number of methoxy groups -OCH3 is 1. The van der Waals surface area contributed by atoms with E-state index in [1.54, 1.807) is 13.2 Å². The monoisotopic (exact) mass is 453 g/mol. The van der Waals surface area contributed by atoms with Gasteiger partial charge in [-0.3, -0.25) is 14.6 Å². The van der Waals surface area contributed by atoms with Gasteiger partial charge < -0.3 is 14.4 Å². The number of ether oxygens (including phenoxy) is 2. The van der Waals surface area contributed by atoms with E-state index in [4.69, 9.17) is 9.47 Å². The molecular formula is C27H39N3O3.